The second-order valence-corrected chi connectivity index (χ2v) is 19.5. The molecule has 0 aliphatic heterocycles. The Morgan fingerprint density at radius 3 is 2.08 bits per heavy atom. The van der Waals surface area contributed by atoms with Crippen LogP contribution < -0.4 is 5.48 Å². The first kappa shape index (κ1) is 45.9. The summed E-state index contributed by atoms with van der Waals surface area (Å²) in [4.78, 5) is 59.7. The number of aliphatic hydroxyl groups is 1. The number of fused-ring (bicyclic) bond motifs is 5. The molecular formula is C53H65NO9. The number of hydroxylamine groups is 1. The van der Waals surface area contributed by atoms with Gasteiger partial charge in [-0.05, 0) is 134 Å². The molecule has 0 aromatic heterocycles. The largest absolute Gasteiger partial charge is 0.458 e. The van der Waals surface area contributed by atoms with Crippen LogP contribution in [0.25, 0.3) is 0 Å². The molecule has 2 N–H and O–H groups in total. The monoisotopic (exact) mass is 859 g/mol. The molecule has 0 saturated heterocycles. The number of ether oxygens (including phenoxy) is 3. The fourth-order valence-corrected chi connectivity index (χ4v) is 12.6. The van der Waals surface area contributed by atoms with E-state index in [0.29, 0.717) is 37.7 Å². The minimum atomic E-state index is -0.688. The first-order valence-electron chi connectivity index (χ1n) is 22.8. The number of allylic oxidation sites excluding steroid dienone is 2. The molecule has 0 spiro atoms. The van der Waals surface area contributed by atoms with Crippen molar-refractivity contribution in [2.75, 3.05) is 0 Å². The van der Waals surface area contributed by atoms with E-state index in [1.54, 1.807) is 24.3 Å². The SMILES string of the molecule is CC(=O)O[C@H]1C[C@@]2(C)[C@@H](C[C@@H](O)[C@H]3[C@@]4(C)CC[C@@H](OC(=O)c5ccccc5C(=O)NOCc5ccccc5)[C@@H](C)[C@@H]4CC[C@@]32C)/C1=C(\CCC=C(C)C)C(=O)OCc1ccccc1. The summed E-state index contributed by atoms with van der Waals surface area (Å²) in [5.41, 5.74) is 6.03. The number of carbonyl (C=O) groups is 4. The summed E-state index contributed by atoms with van der Waals surface area (Å²) < 4.78 is 18.5. The summed E-state index contributed by atoms with van der Waals surface area (Å²) in [5, 5.41) is 12.6. The molecule has 0 radical (unpaired) electrons. The maximum absolute atomic E-state index is 14.3. The topological polar surface area (TPSA) is 137 Å². The molecule has 336 valence electrons. The van der Waals surface area contributed by atoms with Crippen molar-refractivity contribution >= 4 is 23.8 Å². The fourth-order valence-electron chi connectivity index (χ4n) is 12.6. The van der Waals surface area contributed by atoms with Crippen LogP contribution in [0.1, 0.15) is 132 Å². The van der Waals surface area contributed by atoms with Gasteiger partial charge in [-0.3, -0.25) is 14.4 Å². The molecular weight excluding hydrogens is 795 g/mol. The van der Waals surface area contributed by atoms with Crippen LogP contribution in [-0.2, 0) is 41.9 Å². The minimum Gasteiger partial charge on any atom is -0.458 e. The predicted octanol–water partition coefficient (Wildman–Crippen LogP) is 10.1. The van der Waals surface area contributed by atoms with Crippen molar-refractivity contribution in [2.45, 2.75) is 131 Å². The zero-order chi connectivity index (χ0) is 45.1. The molecule has 4 aliphatic rings. The maximum Gasteiger partial charge on any atom is 0.339 e. The van der Waals surface area contributed by atoms with Crippen molar-refractivity contribution in [1.29, 1.82) is 0 Å². The normalized spacial score (nSPS) is 31.6. The zero-order valence-electron chi connectivity index (χ0n) is 38.0. The molecule has 0 heterocycles. The molecule has 4 saturated carbocycles. The Kier molecular flexibility index (Phi) is 13.8. The Hall–Kier alpha value is -5.06. The van der Waals surface area contributed by atoms with E-state index in [-0.39, 0.29) is 64.9 Å². The Labute approximate surface area is 372 Å². The van der Waals surface area contributed by atoms with Gasteiger partial charge >= 0.3 is 17.9 Å². The first-order chi connectivity index (χ1) is 30.1. The molecule has 1 amide bonds. The van der Waals surface area contributed by atoms with Crippen molar-refractivity contribution in [1.82, 2.24) is 5.48 Å². The van der Waals surface area contributed by atoms with E-state index in [0.717, 1.165) is 41.5 Å². The second-order valence-electron chi connectivity index (χ2n) is 19.5. The number of hydrogen-bond donors (Lipinski definition) is 2. The molecule has 10 atom stereocenters. The fraction of sp³-hybridized carbons (Fsp3) is 0.509. The third kappa shape index (κ3) is 9.17. The van der Waals surface area contributed by atoms with Gasteiger partial charge in [0.15, 0.2) is 0 Å². The van der Waals surface area contributed by atoms with Crippen molar-refractivity contribution in [2.24, 2.45) is 39.9 Å². The van der Waals surface area contributed by atoms with E-state index >= 15 is 0 Å². The van der Waals surface area contributed by atoms with Crippen LogP contribution in [0.2, 0.25) is 0 Å². The Morgan fingerprint density at radius 2 is 1.43 bits per heavy atom. The average Bonchev–Trinajstić information content (AvgIpc) is 3.53. The highest BCUT2D eigenvalue weighted by Gasteiger charge is 2.71. The van der Waals surface area contributed by atoms with Gasteiger partial charge in [-0.25, -0.2) is 15.1 Å². The lowest BCUT2D eigenvalue weighted by atomic mass is 9.36. The smallest absolute Gasteiger partial charge is 0.339 e. The van der Waals surface area contributed by atoms with Gasteiger partial charge in [0.1, 0.15) is 18.8 Å². The van der Waals surface area contributed by atoms with E-state index in [1.807, 2.05) is 74.5 Å². The van der Waals surface area contributed by atoms with Crippen LogP contribution >= 0.6 is 0 Å². The molecule has 3 aromatic carbocycles. The third-order valence-corrected chi connectivity index (χ3v) is 15.6. The summed E-state index contributed by atoms with van der Waals surface area (Å²) in [6, 6.07) is 25.7. The van der Waals surface area contributed by atoms with Crippen LogP contribution in [0.15, 0.2) is 108 Å². The number of esters is 3. The van der Waals surface area contributed by atoms with E-state index in [2.05, 4.69) is 39.3 Å². The van der Waals surface area contributed by atoms with Gasteiger partial charge in [0.05, 0.1) is 23.8 Å². The maximum atomic E-state index is 14.3. The number of hydrogen-bond acceptors (Lipinski definition) is 9. The molecule has 7 rings (SSSR count). The summed E-state index contributed by atoms with van der Waals surface area (Å²) in [6.07, 6.45) is 5.49. The van der Waals surface area contributed by atoms with Gasteiger partial charge in [0.2, 0.25) is 0 Å². The van der Waals surface area contributed by atoms with Gasteiger partial charge in [0, 0.05) is 12.5 Å². The molecule has 10 heteroatoms. The second kappa shape index (κ2) is 19.0. The number of aliphatic hydroxyl groups excluding tert-OH is 1. The van der Waals surface area contributed by atoms with Crippen LogP contribution in [-0.4, -0.2) is 47.2 Å². The highest BCUT2D eigenvalue weighted by atomic mass is 16.7. The van der Waals surface area contributed by atoms with Gasteiger partial charge in [-0.1, -0.05) is 112 Å². The lowest BCUT2D eigenvalue weighted by Crippen LogP contribution is -2.65. The van der Waals surface area contributed by atoms with Gasteiger partial charge in [0.25, 0.3) is 5.91 Å². The predicted molar refractivity (Wildman–Crippen MR) is 239 cm³/mol. The molecule has 63 heavy (non-hydrogen) atoms. The molecule has 3 aromatic rings. The highest BCUT2D eigenvalue weighted by molar-refractivity contribution is 6.05. The summed E-state index contributed by atoms with van der Waals surface area (Å²) >= 11 is 0. The summed E-state index contributed by atoms with van der Waals surface area (Å²) in [5.74, 6) is -2.06. The third-order valence-electron chi connectivity index (χ3n) is 15.6. The summed E-state index contributed by atoms with van der Waals surface area (Å²) in [7, 11) is 0. The van der Waals surface area contributed by atoms with Crippen molar-refractivity contribution in [3.05, 3.63) is 130 Å². The Balaban J connectivity index is 1.12. The number of carbonyl (C=O) groups excluding carboxylic acids is 4. The standard InChI is InChI=1S/C53H65NO9/c1-33(2)17-16-24-40(49(58)60-31-36-18-10-8-11-19-36)46-42-29-43(56)47-51(5)27-26-44(34(3)41(51)25-28-52(47,6)53(42,7)30-45(46)62-35(4)55)63-50(59)39-23-15-14-22-38(39)48(57)54-61-32-37-20-12-9-13-21-37/h8-15,17-23,34,41-45,47,56H,16,24-32H2,1-7H3,(H,54,57)/b46-40-/t34-,41-,42-,43+,44+,45-,47-,51-,52-,53-/m0/s1. The van der Waals surface area contributed by atoms with E-state index in [1.165, 1.54) is 6.92 Å². The van der Waals surface area contributed by atoms with Crippen LogP contribution in [0, 0.1) is 39.9 Å². The zero-order valence-corrected chi connectivity index (χ0v) is 38.0. The number of rotatable bonds is 13. The number of amides is 1. The number of benzene rings is 3. The van der Waals surface area contributed by atoms with Gasteiger partial charge in [-0.2, -0.15) is 0 Å². The molecule has 4 fully saturated rings. The van der Waals surface area contributed by atoms with Gasteiger partial charge < -0.3 is 19.3 Å². The average molecular weight is 860 g/mol. The van der Waals surface area contributed by atoms with Crippen LogP contribution in [0.5, 0.6) is 0 Å². The number of nitrogens with one attached hydrogen (secondary N) is 1. The molecule has 10 nitrogen and oxygen atoms in total. The summed E-state index contributed by atoms with van der Waals surface area (Å²) in [6.45, 7) is 14.9. The molecule has 4 aliphatic carbocycles. The molecule has 0 bridgehead atoms. The van der Waals surface area contributed by atoms with E-state index in [4.69, 9.17) is 19.0 Å². The highest BCUT2D eigenvalue weighted by Crippen LogP contribution is 2.74. The first-order valence-corrected chi connectivity index (χ1v) is 22.8. The van der Waals surface area contributed by atoms with Crippen molar-refractivity contribution in [3.8, 4) is 0 Å². The minimum absolute atomic E-state index is 0.0148. The quantitative estimate of drug-likeness (QED) is 0.0566. The Morgan fingerprint density at radius 1 is 0.794 bits per heavy atom. The van der Waals surface area contributed by atoms with Crippen LogP contribution in [0.3, 0.4) is 0 Å². The molecule has 0 unspecified atom stereocenters. The van der Waals surface area contributed by atoms with E-state index in [9.17, 15) is 24.3 Å². The van der Waals surface area contributed by atoms with E-state index < -0.39 is 41.4 Å². The van der Waals surface area contributed by atoms with Crippen molar-refractivity contribution in [3.63, 3.8) is 0 Å². The lowest BCUT2D eigenvalue weighted by molar-refractivity contribution is -0.234. The van der Waals surface area contributed by atoms with Crippen LogP contribution in [0.4, 0.5) is 0 Å². The Bertz CT molecular complexity index is 2210. The lowest BCUT2D eigenvalue weighted by Gasteiger charge is -2.69. The van der Waals surface area contributed by atoms with Crippen molar-refractivity contribution < 1.29 is 43.3 Å². The van der Waals surface area contributed by atoms with Gasteiger partial charge in [-0.15, -0.1) is 0 Å².